The van der Waals surface area contributed by atoms with E-state index in [-0.39, 0.29) is 47.9 Å². The molecule has 7 nitrogen and oxygen atoms in total. The first-order valence-electron chi connectivity index (χ1n) is 20.1. The smallest absolute Gasteiger partial charge is 0.161 e. The van der Waals surface area contributed by atoms with Gasteiger partial charge in [-0.1, -0.05) is 67.8 Å². The maximum absolute atomic E-state index is 13.6. The standard InChI is InChI=1S/C49H53NO6/c1-4-50-38-12-7-10-33(25-38)9-5-6-11-35-17-20-39(51)27-37(35)28-41-29-40(52)19-15-34-16-23-47(54-3)48(26-34)56-31-36-18-22-44-43(13-8-24-55-41)46(53)30-45-32(2)14-21-42(36)49(44)45/h7,10,12,14,16-18,20-23,25-27,30,32,35,37,41,50-51,53H,4-6,9,11,13,15,19,28-29,31H2,1-3H3/t32-,35+,37+,41+/m1/s1. The van der Waals surface area contributed by atoms with Crippen molar-refractivity contribution in [1.82, 2.24) is 0 Å². The second kappa shape index (κ2) is 17.9. The number of hydrogen-bond acceptors (Lipinski definition) is 7. The van der Waals surface area contributed by atoms with E-state index in [1.54, 1.807) is 13.2 Å². The molecule has 4 aromatic carbocycles. The molecular weight excluding hydrogens is 699 g/mol. The molecular formula is C49H53NO6. The number of carbonyl (C=O) groups excluding carboxylic acids is 1. The van der Waals surface area contributed by atoms with Crippen LogP contribution < -0.4 is 14.8 Å². The minimum Gasteiger partial charge on any atom is -0.508 e. The van der Waals surface area contributed by atoms with Gasteiger partial charge >= 0.3 is 0 Å². The topological polar surface area (TPSA) is 97.3 Å². The van der Waals surface area contributed by atoms with Gasteiger partial charge in [0.1, 0.15) is 36.1 Å². The van der Waals surface area contributed by atoms with Gasteiger partial charge in [0.25, 0.3) is 0 Å². The van der Waals surface area contributed by atoms with Gasteiger partial charge in [-0.25, -0.2) is 0 Å². The van der Waals surface area contributed by atoms with Crippen molar-refractivity contribution in [3.63, 3.8) is 0 Å². The second-order valence-corrected chi connectivity index (χ2v) is 15.4. The van der Waals surface area contributed by atoms with Crippen LogP contribution in [0.4, 0.5) is 5.69 Å². The molecule has 6 bridgehead atoms. The molecule has 4 atom stereocenters. The zero-order chi connectivity index (χ0) is 39.0. The molecule has 0 fully saturated rings. The number of nitrogens with one attached hydrogen (secondary N) is 1. The quantitative estimate of drug-likeness (QED) is 0.110. The Morgan fingerprint density at radius 2 is 1.88 bits per heavy atom. The molecule has 4 aliphatic rings. The third-order valence-corrected chi connectivity index (χ3v) is 11.5. The lowest BCUT2D eigenvalue weighted by Gasteiger charge is -2.28. The van der Waals surface area contributed by atoms with E-state index in [4.69, 9.17) is 14.2 Å². The third kappa shape index (κ3) is 9.08. The number of carbonyl (C=O) groups is 1. The van der Waals surface area contributed by atoms with Gasteiger partial charge < -0.3 is 29.7 Å². The predicted molar refractivity (Wildman–Crippen MR) is 224 cm³/mol. The number of fused-ring (bicyclic) bond motifs is 9. The van der Waals surface area contributed by atoms with E-state index < -0.39 is 6.10 Å². The first kappa shape index (κ1) is 38.7. The summed E-state index contributed by atoms with van der Waals surface area (Å²) in [5.41, 5.74) is 7.38. The van der Waals surface area contributed by atoms with Crippen molar-refractivity contribution in [2.45, 2.75) is 90.3 Å². The number of aryl methyl sites for hydroxylation is 2. The highest BCUT2D eigenvalue weighted by Gasteiger charge is 2.27. The molecule has 2 aliphatic carbocycles. The number of benzene rings is 4. The summed E-state index contributed by atoms with van der Waals surface area (Å²) in [6.45, 7) is 5.47. The summed E-state index contributed by atoms with van der Waals surface area (Å²) in [5.74, 6) is 5.31. The lowest BCUT2D eigenvalue weighted by molar-refractivity contribution is -0.121. The van der Waals surface area contributed by atoms with Crippen molar-refractivity contribution < 1.29 is 29.2 Å². The van der Waals surface area contributed by atoms with Gasteiger partial charge in [0.2, 0.25) is 0 Å². The highest BCUT2D eigenvalue weighted by molar-refractivity contribution is 6.00. The van der Waals surface area contributed by atoms with Crippen molar-refractivity contribution in [2.75, 3.05) is 19.0 Å². The zero-order valence-electron chi connectivity index (χ0n) is 32.8. The van der Waals surface area contributed by atoms with Crippen LogP contribution in [0.2, 0.25) is 0 Å². The first-order chi connectivity index (χ1) is 27.3. The van der Waals surface area contributed by atoms with Gasteiger partial charge in [0, 0.05) is 43.0 Å². The molecule has 0 saturated heterocycles. The number of allylic oxidation sites excluding steroid dienone is 4. The maximum Gasteiger partial charge on any atom is 0.161 e. The number of hydrogen-bond donors (Lipinski definition) is 3. The molecule has 56 heavy (non-hydrogen) atoms. The Bertz CT molecular complexity index is 2220. The highest BCUT2D eigenvalue weighted by atomic mass is 16.5. The number of aliphatic hydroxyl groups is 1. The van der Waals surface area contributed by atoms with Gasteiger partial charge in [0.15, 0.2) is 11.5 Å². The van der Waals surface area contributed by atoms with E-state index in [1.807, 2.05) is 30.3 Å². The molecule has 7 heteroatoms. The van der Waals surface area contributed by atoms with Crippen LogP contribution in [0.25, 0.3) is 16.8 Å². The monoisotopic (exact) mass is 751 g/mol. The zero-order valence-corrected chi connectivity index (χ0v) is 32.8. The van der Waals surface area contributed by atoms with E-state index in [9.17, 15) is 15.0 Å². The normalized spacial score (nSPS) is 20.6. The molecule has 0 aromatic heterocycles. The molecule has 2 aliphatic heterocycles. The van der Waals surface area contributed by atoms with Gasteiger partial charge in [-0.05, 0) is 132 Å². The highest BCUT2D eigenvalue weighted by Crippen LogP contribution is 2.42. The largest absolute Gasteiger partial charge is 0.508 e. The number of ether oxygens (including phenoxy) is 3. The Morgan fingerprint density at radius 1 is 0.982 bits per heavy atom. The summed E-state index contributed by atoms with van der Waals surface area (Å²) in [6.07, 6.45) is 18.6. The predicted octanol–water partition coefficient (Wildman–Crippen LogP) is 10.5. The van der Waals surface area contributed by atoms with E-state index in [2.05, 4.69) is 85.8 Å². The van der Waals surface area contributed by atoms with Crippen molar-refractivity contribution in [3.8, 4) is 29.3 Å². The van der Waals surface area contributed by atoms with Gasteiger partial charge in [-0.3, -0.25) is 4.79 Å². The summed E-state index contributed by atoms with van der Waals surface area (Å²) in [4.78, 5) is 13.6. The van der Waals surface area contributed by atoms with Crippen molar-refractivity contribution in [3.05, 3.63) is 124 Å². The number of methoxy groups -OCH3 is 1. The minimum atomic E-state index is -0.470. The lowest BCUT2D eigenvalue weighted by atomic mass is 9.80. The molecule has 290 valence electrons. The van der Waals surface area contributed by atoms with Crippen molar-refractivity contribution in [2.24, 2.45) is 11.8 Å². The fourth-order valence-corrected chi connectivity index (χ4v) is 8.45. The number of Topliss-reactive ketones (excluding diaryl/α,β-unsaturated/α-hetero) is 1. The molecule has 2 heterocycles. The van der Waals surface area contributed by atoms with Crippen LogP contribution in [0.15, 0.2) is 90.7 Å². The molecule has 0 radical (unpaired) electrons. The van der Waals surface area contributed by atoms with Gasteiger partial charge in [-0.15, -0.1) is 0 Å². The number of anilines is 1. The van der Waals surface area contributed by atoms with E-state index in [0.717, 1.165) is 76.5 Å². The number of phenols is 1. The van der Waals surface area contributed by atoms with Crippen LogP contribution in [-0.4, -0.2) is 35.8 Å². The van der Waals surface area contributed by atoms with Crippen molar-refractivity contribution in [1.29, 1.82) is 0 Å². The minimum absolute atomic E-state index is 0.00618. The molecule has 4 aromatic rings. The fourth-order valence-electron chi connectivity index (χ4n) is 8.45. The van der Waals surface area contributed by atoms with E-state index in [1.165, 1.54) is 5.56 Å². The number of aromatic hydroxyl groups is 1. The molecule has 0 saturated carbocycles. The SMILES string of the molecule is CCNc1cccc(CCCC[C@H]2C=CC(O)=C[C@H]2C[C@H]2CC(=O)CCc3ccc(OC)c(c3)OCc3ccc4c(c(O)cc5c4c3C=C[C@H]5C)CC#CO2)c1. The molecule has 3 N–H and O–H groups in total. The Hall–Kier alpha value is -5.61. The molecule has 0 amide bonds. The van der Waals surface area contributed by atoms with E-state index in [0.29, 0.717) is 37.4 Å². The van der Waals surface area contributed by atoms with Crippen LogP contribution in [-0.2, 0) is 35.4 Å². The summed E-state index contributed by atoms with van der Waals surface area (Å²) in [5, 5.41) is 27.3. The van der Waals surface area contributed by atoms with Crippen LogP contribution in [0, 0.1) is 23.9 Å². The Labute approximate surface area is 331 Å². The fraction of sp³-hybridized carbons (Fsp3) is 0.367. The maximum atomic E-state index is 13.6. The molecule has 0 unspecified atom stereocenters. The number of rotatable bonds is 10. The van der Waals surface area contributed by atoms with Crippen LogP contribution >= 0.6 is 0 Å². The lowest BCUT2D eigenvalue weighted by Crippen LogP contribution is -2.24. The number of phenolic OH excluding ortho intramolecular Hbond substituents is 1. The second-order valence-electron chi connectivity index (χ2n) is 15.4. The van der Waals surface area contributed by atoms with E-state index >= 15 is 0 Å². The molecule has 8 rings (SSSR count). The number of aliphatic hydroxyl groups excluding tert-OH is 1. The summed E-state index contributed by atoms with van der Waals surface area (Å²) < 4.78 is 18.3. The Kier molecular flexibility index (Phi) is 12.4. The van der Waals surface area contributed by atoms with Crippen molar-refractivity contribution >= 4 is 28.3 Å². The Balaban J connectivity index is 1.13. The number of unbranched alkanes of at least 4 members (excludes halogenated alkanes) is 1. The summed E-state index contributed by atoms with van der Waals surface area (Å²) >= 11 is 0. The van der Waals surface area contributed by atoms with Gasteiger partial charge in [0.05, 0.1) is 7.11 Å². The van der Waals surface area contributed by atoms with Crippen LogP contribution in [0.1, 0.15) is 91.7 Å². The first-order valence-corrected chi connectivity index (χ1v) is 20.1. The third-order valence-electron chi connectivity index (χ3n) is 11.5. The van der Waals surface area contributed by atoms with Gasteiger partial charge in [-0.2, -0.15) is 0 Å². The number of ketones is 1. The van der Waals surface area contributed by atoms with Crippen LogP contribution in [0.5, 0.6) is 17.2 Å². The molecule has 0 spiro atoms. The summed E-state index contributed by atoms with van der Waals surface area (Å²) in [6, 6.07) is 20.5. The van der Waals surface area contributed by atoms with Crippen LogP contribution in [0.3, 0.4) is 0 Å². The Morgan fingerprint density at radius 3 is 2.73 bits per heavy atom. The average Bonchev–Trinajstić information content (AvgIpc) is 3.19. The summed E-state index contributed by atoms with van der Waals surface area (Å²) in [7, 11) is 1.63. The average molecular weight is 752 g/mol.